The Morgan fingerprint density at radius 2 is 1.95 bits per heavy atom. The van der Waals surface area contributed by atoms with E-state index in [1.54, 1.807) is 18.2 Å². The highest BCUT2D eigenvalue weighted by Gasteiger charge is 2.30. The van der Waals surface area contributed by atoms with Crippen LogP contribution in [0.5, 0.6) is 0 Å². The molecule has 3 unspecified atom stereocenters. The molecule has 112 valence electrons. The average Bonchev–Trinajstić information content (AvgIpc) is 2.38. The number of rotatable bonds is 3. The van der Waals surface area contributed by atoms with Crippen molar-refractivity contribution in [2.24, 2.45) is 11.8 Å². The SMILES string of the molecule is Cc1cc(S(=O)(=O)NC2CCCC(C)C2C)ccc1N. The second-order valence-corrected chi connectivity index (χ2v) is 7.73. The predicted octanol–water partition coefficient (Wildman–Crippen LogP) is 2.68. The number of anilines is 1. The van der Waals surface area contributed by atoms with E-state index < -0.39 is 10.0 Å². The van der Waals surface area contributed by atoms with E-state index in [2.05, 4.69) is 18.6 Å². The molecule has 1 fully saturated rings. The molecule has 3 N–H and O–H groups in total. The molecular weight excluding hydrogens is 272 g/mol. The molecule has 0 aliphatic heterocycles. The minimum atomic E-state index is -3.46. The van der Waals surface area contributed by atoms with Gasteiger partial charge in [-0.2, -0.15) is 0 Å². The van der Waals surface area contributed by atoms with Crippen molar-refractivity contribution < 1.29 is 8.42 Å². The Morgan fingerprint density at radius 1 is 1.25 bits per heavy atom. The highest BCUT2D eigenvalue weighted by molar-refractivity contribution is 7.89. The lowest BCUT2D eigenvalue weighted by Gasteiger charge is -2.34. The van der Waals surface area contributed by atoms with Crippen molar-refractivity contribution in [2.75, 3.05) is 5.73 Å². The molecule has 0 heterocycles. The highest BCUT2D eigenvalue weighted by Crippen LogP contribution is 2.30. The standard InChI is InChI=1S/C15H24N2O2S/c1-10-5-4-6-15(12(10)3)17-20(18,19)13-7-8-14(16)11(2)9-13/h7-10,12,15,17H,4-6,16H2,1-3H3. The first-order valence-electron chi connectivity index (χ1n) is 7.19. The number of hydrogen-bond acceptors (Lipinski definition) is 3. The van der Waals surface area contributed by atoms with Gasteiger partial charge in [-0.1, -0.05) is 26.7 Å². The maximum atomic E-state index is 12.5. The smallest absolute Gasteiger partial charge is 0.240 e. The topological polar surface area (TPSA) is 72.2 Å². The minimum Gasteiger partial charge on any atom is -0.399 e. The Balaban J connectivity index is 2.20. The van der Waals surface area contributed by atoms with Crippen molar-refractivity contribution in [2.45, 2.75) is 51.0 Å². The number of nitrogen functional groups attached to an aromatic ring is 1. The summed E-state index contributed by atoms with van der Waals surface area (Å²) in [6.45, 7) is 6.14. The Hall–Kier alpha value is -1.07. The van der Waals surface area contributed by atoms with Gasteiger partial charge in [0.2, 0.25) is 10.0 Å². The molecule has 20 heavy (non-hydrogen) atoms. The van der Waals surface area contributed by atoms with E-state index in [1.165, 1.54) is 6.42 Å². The fraction of sp³-hybridized carbons (Fsp3) is 0.600. The molecule has 1 aromatic rings. The summed E-state index contributed by atoms with van der Waals surface area (Å²) in [7, 11) is -3.46. The third-order valence-corrected chi connectivity index (χ3v) is 6.05. The molecule has 2 rings (SSSR count). The molecule has 0 spiro atoms. The summed E-state index contributed by atoms with van der Waals surface area (Å²) in [6.07, 6.45) is 3.18. The largest absolute Gasteiger partial charge is 0.399 e. The second kappa shape index (κ2) is 5.74. The first-order chi connectivity index (χ1) is 9.31. The van der Waals surface area contributed by atoms with Gasteiger partial charge in [-0.05, 0) is 48.9 Å². The molecule has 1 aliphatic carbocycles. The van der Waals surface area contributed by atoms with E-state index in [1.807, 2.05) is 6.92 Å². The van der Waals surface area contributed by atoms with Crippen LogP contribution >= 0.6 is 0 Å². The first kappa shape index (κ1) is 15.3. The van der Waals surface area contributed by atoms with Crippen molar-refractivity contribution in [3.63, 3.8) is 0 Å². The predicted molar refractivity (Wildman–Crippen MR) is 81.9 cm³/mol. The van der Waals surface area contributed by atoms with Gasteiger partial charge in [-0.25, -0.2) is 13.1 Å². The summed E-state index contributed by atoms with van der Waals surface area (Å²) in [5.74, 6) is 0.929. The maximum absolute atomic E-state index is 12.5. The van der Waals surface area contributed by atoms with E-state index in [0.29, 0.717) is 22.4 Å². The fourth-order valence-corrected chi connectivity index (χ4v) is 4.28. The molecule has 1 aliphatic rings. The van der Waals surface area contributed by atoms with Crippen LogP contribution in [0.1, 0.15) is 38.7 Å². The van der Waals surface area contributed by atoms with Crippen LogP contribution in [0.15, 0.2) is 23.1 Å². The van der Waals surface area contributed by atoms with Crippen LogP contribution in [-0.4, -0.2) is 14.5 Å². The first-order valence-corrected chi connectivity index (χ1v) is 8.68. The summed E-state index contributed by atoms with van der Waals surface area (Å²) in [5.41, 5.74) is 7.15. The van der Waals surface area contributed by atoms with Crippen LogP contribution in [0.4, 0.5) is 5.69 Å². The van der Waals surface area contributed by atoms with E-state index in [0.717, 1.165) is 18.4 Å². The van der Waals surface area contributed by atoms with Crippen LogP contribution in [0.25, 0.3) is 0 Å². The monoisotopic (exact) mass is 296 g/mol. The molecule has 0 aromatic heterocycles. The summed E-state index contributed by atoms with van der Waals surface area (Å²) >= 11 is 0. The second-order valence-electron chi connectivity index (χ2n) is 6.01. The van der Waals surface area contributed by atoms with Crippen LogP contribution in [0, 0.1) is 18.8 Å². The number of aryl methyl sites for hydroxylation is 1. The van der Waals surface area contributed by atoms with Gasteiger partial charge in [-0.15, -0.1) is 0 Å². The molecule has 0 saturated heterocycles. The number of nitrogens with two attached hydrogens (primary N) is 1. The molecule has 3 atom stereocenters. The zero-order valence-corrected chi connectivity index (χ0v) is 13.2. The van der Waals surface area contributed by atoms with Crippen molar-refractivity contribution in [1.82, 2.24) is 4.72 Å². The molecule has 5 heteroatoms. The van der Waals surface area contributed by atoms with Crippen LogP contribution < -0.4 is 10.5 Å². The Labute approximate surface area is 121 Å². The zero-order chi connectivity index (χ0) is 14.9. The molecular formula is C15H24N2O2S. The van der Waals surface area contributed by atoms with Gasteiger partial charge >= 0.3 is 0 Å². The van der Waals surface area contributed by atoms with Crippen molar-refractivity contribution in [3.05, 3.63) is 23.8 Å². The molecule has 1 aromatic carbocycles. The van der Waals surface area contributed by atoms with Crippen LogP contribution in [0.2, 0.25) is 0 Å². The van der Waals surface area contributed by atoms with Crippen LogP contribution in [0.3, 0.4) is 0 Å². The third-order valence-electron chi connectivity index (χ3n) is 4.56. The number of benzene rings is 1. The van der Waals surface area contributed by atoms with E-state index >= 15 is 0 Å². The van der Waals surface area contributed by atoms with Gasteiger partial charge in [-0.3, -0.25) is 0 Å². The van der Waals surface area contributed by atoms with Gasteiger partial charge < -0.3 is 5.73 Å². The quantitative estimate of drug-likeness (QED) is 0.842. The van der Waals surface area contributed by atoms with E-state index in [4.69, 9.17) is 5.73 Å². The van der Waals surface area contributed by atoms with Gasteiger partial charge in [0.15, 0.2) is 0 Å². The molecule has 4 nitrogen and oxygen atoms in total. The van der Waals surface area contributed by atoms with Crippen molar-refractivity contribution >= 4 is 15.7 Å². The Kier molecular flexibility index (Phi) is 4.39. The summed E-state index contributed by atoms with van der Waals surface area (Å²) in [6, 6.07) is 4.88. The van der Waals surface area contributed by atoms with Gasteiger partial charge in [0.05, 0.1) is 4.90 Å². The lowest BCUT2D eigenvalue weighted by molar-refractivity contribution is 0.227. The normalized spacial score (nSPS) is 27.4. The van der Waals surface area contributed by atoms with E-state index in [9.17, 15) is 8.42 Å². The Morgan fingerprint density at radius 3 is 2.60 bits per heavy atom. The molecule has 0 bridgehead atoms. The highest BCUT2D eigenvalue weighted by atomic mass is 32.2. The average molecular weight is 296 g/mol. The van der Waals surface area contributed by atoms with Crippen molar-refractivity contribution in [3.8, 4) is 0 Å². The lowest BCUT2D eigenvalue weighted by Crippen LogP contribution is -2.43. The summed E-state index contributed by atoms with van der Waals surface area (Å²) < 4.78 is 27.8. The fourth-order valence-electron chi connectivity index (χ4n) is 2.83. The minimum absolute atomic E-state index is 0.0293. The van der Waals surface area contributed by atoms with E-state index in [-0.39, 0.29) is 6.04 Å². The molecule has 0 amide bonds. The third kappa shape index (κ3) is 3.15. The molecule has 0 radical (unpaired) electrons. The summed E-state index contributed by atoms with van der Waals surface area (Å²) in [4.78, 5) is 0.301. The van der Waals surface area contributed by atoms with Gasteiger partial charge in [0.1, 0.15) is 0 Å². The number of hydrogen-bond donors (Lipinski definition) is 2. The van der Waals surface area contributed by atoms with Gasteiger partial charge in [0, 0.05) is 11.7 Å². The maximum Gasteiger partial charge on any atom is 0.240 e. The Bertz CT molecular complexity index is 584. The van der Waals surface area contributed by atoms with Crippen molar-refractivity contribution in [1.29, 1.82) is 0 Å². The van der Waals surface area contributed by atoms with Crippen LogP contribution in [-0.2, 0) is 10.0 Å². The van der Waals surface area contributed by atoms with Gasteiger partial charge in [0.25, 0.3) is 0 Å². The lowest BCUT2D eigenvalue weighted by atomic mass is 9.78. The summed E-state index contributed by atoms with van der Waals surface area (Å²) in [5, 5.41) is 0. The number of sulfonamides is 1. The number of nitrogens with one attached hydrogen (secondary N) is 1. The zero-order valence-electron chi connectivity index (χ0n) is 12.4. The molecule has 1 saturated carbocycles.